The zero-order valence-electron chi connectivity index (χ0n) is 17.2. The second-order valence-electron chi connectivity index (χ2n) is 7.50. The van der Waals surface area contributed by atoms with Gasteiger partial charge in [-0.3, -0.25) is 4.79 Å². The van der Waals surface area contributed by atoms with Crippen LogP contribution in [0.15, 0.2) is 53.4 Å². The van der Waals surface area contributed by atoms with Gasteiger partial charge in [0.15, 0.2) is 0 Å². The number of carbonyl (C=O) groups is 1. The Balaban J connectivity index is 1.70. The minimum absolute atomic E-state index is 0.0112. The fraction of sp³-hybridized carbons (Fsp3) is 0.409. The molecule has 0 aliphatic carbocycles. The molecule has 0 radical (unpaired) electrons. The molecular weight excluding hydrogens is 388 g/mol. The second kappa shape index (κ2) is 8.97. The Morgan fingerprint density at radius 3 is 2.52 bits per heavy atom. The third kappa shape index (κ3) is 4.79. The first-order valence-electron chi connectivity index (χ1n) is 9.76. The van der Waals surface area contributed by atoms with E-state index in [0.717, 1.165) is 11.1 Å². The maximum Gasteiger partial charge on any atom is 0.243 e. The number of sulfonamides is 1. The second-order valence-corrected chi connectivity index (χ2v) is 9.44. The molecule has 1 aliphatic heterocycles. The van der Waals surface area contributed by atoms with E-state index in [2.05, 4.69) is 0 Å². The molecule has 29 heavy (non-hydrogen) atoms. The molecule has 7 heteroatoms. The van der Waals surface area contributed by atoms with Crippen LogP contribution in [0.4, 0.5) is 0 Å². The number of hydrogen-bond acceptors (Lipinski definition) is 4. The Morgan fingerprint density at radius 2 is 1.86 bits per heavy atom. The fourth-order valence-electron chi connectivity index (χ4n) is 3.69. The summed E-state index contributed by atoms with van der Waals surface area (Å²) in [6, 6.07) is 14.3. The first kappa shape index (κ1) is 21.3. The minimum Gasteiger partial charge on any atom is -0.497 e. The van der Waals surface area contributed by atoms with Gasteiger partial charge >= 0.3 is 0 Å². The van der Waals surface area contributed by atoms with Crippen LogP contribution < -0.4 is 4.74 Å². The Kier molecular flexibility index (Phi) is 6.59. The largest absolute Gasteiger partial charge is 0.497 e. The van der Waals surface area contributed by atoms with Crippen LogP contribution in [0.5, 0.6) is 5.75 Å². The molecule has 1 atom stereocenters. The van der Waals surface area contributed by atoms with E-state index in [1.165, 1.54) is 11.4 Å². The molecule has 1 aliphatic rings. The predicted molar refractivity (Wildman–Crippen MR) is 112 cm³/mol. The number of rotatable bonds is 6. The normalized spacial score (nSPS) is 17.7. The van der Waals surface area contributed by atoms with Crippen molar-refractivity contribution in [3.05, 3.63) is 59.7 Å². The molecule has 1 amide bonds. The third-order valence-corrected chi connectivity index (χ3v) is 7.35. The van der Waals surface area contributed by atoms with Crippen LogP contribution >= 0.6 is 0 Å². The van der Waals surface area contributed by atoms with E-state index in [9.17, 15) is 13.2 Å². The van der Waals surface area contributed by atoms with Crippen molar-refractivity contribution in [3.8, 4) is 5.75 Å². The van der Waals surface area contributed by atoms with E-state index < -0.39 is 10.0 Å². The van der Waals surface area contributed by atoms with Gasteiger partial charge in [0.05, 0.1) is 17.9 Å². The van der Waals surface area contributed by atoms with Crippen molar-refractivity contribution in [1.29, 1.82) is 0 Å². The van der Waals surface area contributed by atoms with Gasteiger partial charge < -0.3 is 9.64 Å². The van der Waals surface area contributed by atoms with Gasteiger partial charge in [0.25, 0.3) is 0 Å². The summed E-state index contributed by atoms with van der Waals surface area (Å²) in [7, 11) is -0.315. The lowest BCUT2D eigenvalue weighted by atomic mass is 9.98. The van der Waals surface area contributed by atoms with Crippen molar-refractivity contribution in [1.82, 2.24) is 9.21 Å². The van der Waals surface area contributed by atoms with Gasteiger partial charge in [-0.1, -0.05) is 24.3 Å². The van der Waals surface area contributed by atoms with Gasteiger partial charge in [-0.2, -0.15) is 4.31 Å². The molecule has 2 aromatic rings. The number of amides is 1. The topological polar surface area (TPSA) is 66.9 Å². The quantitative estimate of drug-likeness (QED) is 0.726. The van der Waals surface area contributed by atoms with Crippen LogP contribution in [0.3, 0.4) is 0 Å². The number of piperidine rings is 1. The van der Waals surface area contributed by atoms with E-state index >= 15 is 0 Å². The Hall–Kier alpha value is -2.38. The number of methoxy groups -OCH3 is 1. The summed E-state index contributed by atoms with van der Waals surface area (Å²) in [5, 5.41) is 0. The molecule has 2 aromatic carbocycles. The lowest BCUT2D eigenvalue weighted by molar-refractivity contribution is -0.135. The summed E-state index contributed by atoms with van der Waals surface area (Å²) >= 11 is 0. The highest BCUT2D eigenvalue weighted by atomic mass is 32.2. The Morgan fingerprint density at radius 1 is 1.17 bits per heavy atom. The molecule has 1 heterocycles. The standard InChI is InChI=1S/C22H28N2O4S/c1-17-7-4-5-8-18(17)15-23(2)22(25)19-9-6-14-24(16-19)29(26,27)21-12-10-20(28-3)11-13-21/h4-5,7-8,10-13,19H,6,9,14-16H2,1-3H3/t19-/m0/s1. The highest BCUT2D eigenvalue weighted by Gasteiger charge is 2.34. The predicted octanol–water partition coefficient (Wildman–Crippen LogP) is 3.06. The van der Waals surface area contributed by atoms with Crippen LogP contribution in [-0.2, 0) is 21.4 Å². The molecule has 1 saturated heterocycles. The highest BCUT2D eigenvalue weighted by Crippen LogP contribution is 2.26. The van der Waals surface area contributed by atoms with Gasteiger partial charge in [-0.05, 0) is 55.2 Å². The van der Waals surface area contributed by atoms with Crippen molar-refractivity contribution >= 4 is 15.9 Å². The van der Waals surface area contributed by atoms with E-state index in [4.69, 9.17) is 4.74 Å². The molecule has 0 aromatic heterocycles. The number of benzene rings is 2. The average molecular weight is 417 g/mol. The molecule has 1 fully saturated rings. The summed E-state index contributed by atoms with van der Waals surface area (Å²) in [4.78, 5) is 14.9. The lowest BCUT2D eigenvalue weighted by Crippen LogP contribution is -2.45. The zero-order valence-corrected chi connectivity index (χ0v) is 18.0. The smallest absolute Gasteiger partial charge is 0.243 e. The number of nitrogens with zero attached hydrogens (tertiary/aromatic N) is 2. The molecule has 3 rings (SSSR count). The monoisotopic (exact) mass is 416 g/mol. The summed E-state index contributed by atoms with van der Waals surface area (Å²) in [5.74, 6) is 0.266. The van der Waals surface area contributed by atoms with Crippen LogP contribution in [-0.4, -0.2) is 50.8 Å². The van der Waals surface area contributed by atoms with Crippen LogP contribution in [0, 0.1) is 12.8 Å². The van der Waals surface area contributed by atoms with Gasteiger partial charge in [0.2, 0.25) is 15.9 Å². The molecule has 0 unspecified atom stereocenters. The molecule has 0 N–H and O–H groups in total. The Labute approximate surface area is 173 Å². The van der Waals surface area contributed by atoms with Crippen molar-refractivity contribution in [2.45, 2.75) is 31.2 Å². The van der Waals surface area contributed by atoms with Crippen molar-refractivity contribution in [3.63, 3.8) is 0 Å². The summed E-state index contributed by atoms with van der Waals surface area (Å²) in [6.45, 7) is 3.19. The van der Waals surface area contributed by atoms with Crippen molar-refractivity contribution in [2.75, 3.05) is 27.2 Å². The summed E-state index contributed by atoms with van der Waals surface area (Å²) < 4.78 is 32.6. The maximum absolute atomic E-state index is 13.0. The molecule has 0 spiro atoms. The first-order chi connectivity index (χ1) is 13.8. The van der Waals surface area contributed by atoms with Crippen LogP contribution in [0.1, 0.15) is 24.0 Å². The average Bonchev–Trinajstić information content (AvgIpc) is 2.75. The third-order valence-electron chi connectivity index (χ3n) is 5.48. The van der Waals surface area contributed by atoms with Crippen molar-refractivity contribution < 1.29 is 17.9 Å². The molecular formula is C22H28N2O4S. The van der Waals surface area contributed by atoms with E-state index in [-0.39, 0.29) is 23.3 Å². The zero-order chi connectivity index (χ0) is 21.0. The van der Waals surface area contributed by atoms with Gasteiger partial charge in [0.1, 0.15) is 5.75 Å². The molecule has 156 valence electrons. The van der Waals surface area contributed by atoms with Gasteiger partial charge in [-0.25, -0.2) is 8.42 Å². The molecule has 6 nitrogen and oxygen atoms in total. The van der Waals surface area contributed by atoms with Gasteiger partial charge in [0, 0.05) is 26.7 Å². The van der Waals surface area contributed by atoms with Gasteiger partial charge in [-0.15, -0.1) is 0 Å². The first-order valence-corrected chi connectivity index (χ1v) is 11.2. The fourth-order valence-corrected chi connectivity index (χ4v) is 5.22. The summed E-state index contributed by atoms with van der Waals surface area (Å²) in [6.07, 6.45) is 1.37. The van der Waals surface area contributed by atoms with Crippen molar-refractivity contribution in [2.24, 2.45) is 5.92 Å². The Bertz CT molecular complexity index is 957. The lowest BCUT2D eigenvalue weighted by Gasteiger charge is -2.33. The SMILES string of the molecule is COc1ccc(S(=O)(=O)N2CCC[C@H](C(=O)N(C)Cc3ccccc3C)C2)cc1. The number of ether oxygens (including phenoxy) is 1. The maximum atomic E-state index is 13.0. The van der Waals surface area contributed by atoms with E-state index in [1.807, 2.05) is 31.2 Å². The minimum atomic E-state index is -3.64. The van der Waals surface area contributed by atoms with Crippen LogP contribution in [0.2, 0.25) is 0 Å². The van der Waals surface area contributed by atoms with E-state index in [1.54, 1.807) is 36.2 Å². The summed E-state index contributed by atoms with van der Waals surface area (Å²) in [5.41, 5.74) is 2.24. The van der Waals surface area contributed by atoms with Crippen LogP contribution in [0.25, 0.3) is 0 Å². The highest BCUT2D eigenvalue weighted by molar-refractivity contribution is 7.89. The number of aryl methyl sites for hydroxylation is 1. The van der Waals surface area contributed by atoms with E-state index in [0.29, 0.717) is 31.7 Å². The number of carbonyl (C=O) groups excluding carboxylic acids is 1. The molecule has 0 bridgehead atoms. The number of hydrogen-bond donors (Lipinski definition) is 0. The molecule has 0 saturated carbocycles.